The molecular formula is C20H27N3O4S2. The molecule has 0 aliphatic carbocycles. The molecule has 7 nitrogen and oxygen atoms in total. The number of sulfone groups is 1. The third kappa shape index (κ3) is 5.82. The van der Waals surface area contributed by atoms with Crippen LogP contribution in [-0.4, -0.2) is 47.2 Å². The third-order valence-corrected chi connectivity index (χ3v) is 7.74. The fraction of sp³-hybridized carbons (Fsp3) is 0.550. The number of carbonyl (C=O) groups is 1. The van der Waals surface area contributed by atoms with Crippen molar-refractivity contribution < 1.29 is 13.2 Å². The summed E-state index contributed by atoms with van der Waals surface area (Å²) in [5.74, 6) is -0.0259. The molecule has 1 saturated heterocycles. The average molecular weight is 438 g/mol. The number of hydrogen-bond donors (Lipinski definition) is 1. The molecular weight excluding hydrogens is 410 g/mol. The Balaban J connectivity index is 1.72. The van der Waals surface area contributed by atoms with Crippen LogP contribution < -0.4 is 10.9 Å². The molecule has 9 heteroatoms. The molecule has 1 aliphatic heterocycles. The van der Waals surface area contributed by atoms with Crippen LogP contribution in [0, 0.1) is 0 Å². The van der Waals surface area contributed by atoms with Gasteiger partial charge in [0, 0.05) is 12.6 Å². The number of benzene rings is 1. The summed E-state index contributed by atoms with van der Waals surface area (Å²) < 4.78 is 24.8. The van der Waals surface area contributed by atoms with Gasteiger partial charge in [-0.2, -0.15) is 0 Å². The van der Waals surface area contributed by atoms with Crippen LogP contribution in [0.1, 0.15) is 39.0 Å². The van der Waals surface area contributed by atoms with Gasteiger partial charge < -0.3 is 5.32 Å². The van der Waals surface area contributed by atoms with Crippen LogP contribution in [0.15, 0.2) is 34.2 Å². The number of aromatic nitrogens is 2. The first-order valence-electron chi connectivity index (χ1n) is 10.0. The fourth-order valence-electron chi connectivity index (χ4n) is 3.46. The van der Waals surface area contributed by atoms with Gasteiger partial charge in [-0.05, 0) is 25.0 Å². The van der Waals surface area contributed by atoms with Crippen molar-refractivity contribution in [3.63, 3.8) is 0 Å². The Morgan fingerprint density at radius 2 is 2.07 bits per heavy atom. The molecule has 0 saturated carbocycles. The van der Waals surface area contributed by atoms with Gasteiger partial charge in [0.2, 0.25) is 5.91 Å². The number of para-hydroxylation sites is 1. The van der Waals surface area contributed by atoms with Crippen molar-refractivity contribution in [2.75, 3.05) is 17.3 Å². The second kappa shape index (κ2) is 9.75. The normalized spacial score (nSPS) is 18.2. The summed E-state index contributed by atoms with van der Waals surface area (Å²) in [6.45, 7) is 2.71. The van der Waals surface area contributed by atoms with Crippen molar-refractivity contribution in [1.29, 1.82) is 0 Å². The van der Waals surface area contributed by atoms with Crippen molar-refractivity contribution in [3.8, 4) is 0 Å². The summed E-state index contributed by atoms with van der Waals surface area (Å²) in [7, 11) is -3.04. The molecule has 0 spiro atoms. The zero-order valence-corrected chi connectivity index (χ0v) is 18.2. The third-order valence-electron chi connectivity index (χ3n) is 4.99. The van der Waals surface area contributed by atoms with E-state index in [0.717, 1.165) is 25.7 Å². The highest BCUT2D eigenvalue weighted by molar-refractivity contribution is 7.99. The van der Waals surface area contributed by atoms with Crippen molar-refractivity contribution in [3.05, 3.63) is 34.6 Å². The molecule has 1 amide bonds. The van der Waals surface area contributed by atoms with Crippen LogP contribution in [0.5, 0.6) is 0 Å². The topological polar surface area (TPSA) is 98.1 Å². The molecule has 1 aromatic heterocycles. The van der Waals surface area contributed by atoms with Crippen LogP contribution in [0.4, 0.5) is 0 Å². The molecule has 1 aromatic carbocycles. The SMILES string of the molecule is CCCCCCn1c(SCC(=O)NC2CCS(=O)(=O)C2)nc2ccccc2c1=O. The zero-order valence-electron chi connectivity index (χ0n) is 16.6. The van der Waals surface area contributed by atoms with Crippen molar-refractivity contribution >= 4 is 38.4 Å². The second-order valence-electron chi connectivity index (χ2n) is 7.39. The highest BCUT2D eigenvalue weighted by Crippen LogP contribution is 2.19. The summed E-state index contributed by atoms with van der Waals surface area (Å²) >= 11 is 1.22. The van der Waals surface area contributed by atoms with Gasteiger partial charge in [0.05, 0.1) is 28.2 Å². The van der Waals surface area contributed by atoms with Crippen LogP contribution in [-0.2, 0) is 21.2 Å². The van der Waals surface area contributed by atoms with E-state index in [1.807, 2.05) is 12.1 Å². The Kier molecular flexibility index (Phi) is 7.34. The van der Waals surface area contributed by atoms with Gasteiger partial charge in [-0.15, -0.1) is 0 Å². The van der Waals surface area contributed by atoms with E-state index in [2.05, 4.69) is 17.2 Å². The number of carbonyl (C=O) groups excluding carboxylic acids is 1. The summed E-state index contributed by atoms with van der Waals surface area (Å²) in [4.78, 5) is 29.9. The Morgan fingerprint density at radius 3 is 2.79 bits per heavy atom. The number of hydrogen-bond acceptors (Lipinski definition) is 6. The molecule has 1 aliphatic rings. The number of amides is 1. The van der Waals surface area contributed by atoms with E-state index >= 15 is 0 Å². The largest absolute Gasteiger partial charge is 0.352 e. The van der Waals surface area contributed by atoms with E-state index in [4.69, 9.17) is 0 Å². The lowest BCUT2D eigenvalue weighted by atomic mass is 10.2. The van der Waals surface area contributed by atoms with Crippen LogP contribution in [0.3, 0.4) is 0 Å². The van der Waals surface area contributed by atoms with Crippen LogP contribution in [0.2, 0.25) is 0 Å². The predicted octanol–water partition coefficient (Wildman–Crippen LogP) is 2.37. The van der Waals surface area contributed by atoms with E-state index in [1.54, 1.807) is 16.7 Å². The minimum absolute atomic E-state index is 0.000230. The minimum Gasteiger partial charge on any atom is -0.352 e. The summed E-state index contributed by atoms with van der Waals surface area (Å²) in [6.07, 6.45) is 4.60. The lowest BCUT2D eigenvalue weighted by molar-refractivity contribution is -0.119. The molecule has 0 bridgehead atoms. The highest BCUT2D eigenvalue weighted by Gasteiger charge is 2.28. The second-order valence-corrected chi connectivity index (χ2v) is 10.6. The van der Waals surface area contributed by atoms with Gasteiger partial charge in [0.15, 0.2) is 15.0 Å². The number of thioether (sulfide) groups is 1. The van der Waals surface area contributed by atoms with Crippen molar-refractivity contribution in [2.45, 2.75) is 56.8 Å². The Hall–Kier alpha value is -1.87. The van der Waals surface area contributed by atoms with Gasteiger partial charge >= 0.3 is 0 Å². The summed E-state index contributed by atoms with van der Waals surface area (Å²) in [6, 6.07) is 6.90. The van der Waals surface area contributed by atoms with E-state index < -0.39 is 9.84 Å². The molecule has 1 unspecified atom stereocenters. The van der Waals surface area contributed by atoms with Crippen LogP contribution in [0.25, 0.3) is 10.9 Å². The zero-order chi connectivity index (χ0) is 20.9. The molecule has 1 fully saturated rings. The first-order chi connectivity index (χ1) is 13.9. The number of fused-ring (bicyclic) bond motifs is 1. The van der Waals surface area contributed by atoms with Crippen molar-refractivity contribution in [2.24, 2.45) is 0 Å². The smallest absolute Gasteiger partial charge is 0.262 e. The lowest BCUT2D eigenvalue weighted by Crippen LogP contribution is -2.36. The number of nitrogens with one attached hydrogen (secondary N) is 1. The van der Waals surface area contributed by atoms with E-state index in [0.29, 0.717) is 29.0 Å². The number of unbranched alkanes of at least 4 members (excludes halogenated alkanes) is 3. The van der Waals surface area contributed by atoms with Gasteiger partial charge in [-0.1, -0.05) is 50.1 Å². The maximum atomic E-state index is 13.0. The Labute approximate surface area is 175 Å². The quantitative estimate of drug-likeness (QED) is 0.367. The highest BCUT2D eigenvalue weighted by atomic mass is 32.2. The fourth-order valence-corrected chi connectivity index (χ4v) is 5.97. The monoisotopic (exact) mass is 437 g/mol. The molecule has 1 N–H and O–H groups in total. The maximum absolute atomic E-state index is 13.0. The summed E-state index contributed by atoms with van der Waals surface area (Å²) in [5, 5.41) is 3.89. The first-order valence-corrected chi connectivity index (χ1v) is 12.8. The Bertz CT molecular complexity index is 1030. The van der Waals surface area contributed by atoms with Gasteiger partial charge in [0.1, 0.15) is 0 Å². The van der Waals surface area contributed by atoms with E-state index in [9.17, 15) is 18.0 Å². The van der Waals surface area contributed by atoms with Gasteiger partial charge in [-0.25, -0.2) is 13.4 Å². The van der Waals surface area contributed by atoms with E-state index in [-0.39, 0.29) is 34.8 Å². The molecule has 29 heavy (non-hydrogen) atoms. The predicted molar refractivity (Wildman–Crippen MR) is 116 cm³/mol. The first kappa shape index (κ1) is 21.8. The lowest BCUT2D eigenvalue weighted by Gasteiger charge is -2.14. The number of nitrogens with zero attached hydrogens (tertiary/aromatic N) is 2. The average Bonchev–Trinajstić information content (AvgIpc) is 3.03. The van der Waals surface area contributed by atoms with Gasteiger partial charge in [-0.3, -0.25) is 14.2 Å². The molecule has 3 rings (SSSR count). The molecule has 158 valence electrons. The summed E-state index contributed by atoms with van der Waals surface area (Å²) in [5.41, 5.74) is 0.531. The molecule has 2 heterocycles. The van der Waals surface area contributed by atoms with Crippen LogP contribution >= 0.6 is 11.8 Å². The van der Waals surface area contributed by atoms with E-state index in [1.165, 1.54) is 11.8 Å². The standard InChI is InChI=1S/C20H27N3O4S2/c1-2-3-4-7-11-23-19(25)16-8-5-6-9-17(16)22-20(23)28-13-18(24)21-15-10-12-29(26,27)14-15/h5-6,8-9,15H,2-4,7,10-14H2,1H3,(H,21,24). The Morgan fingerprint density at radius 1 is 1.28 bits per heavy atom. The maximum Gasteiger partial charge on any atom is 0.262 e. The minimum atomic E-state index is -3.04. The van der Waals surface area contributed by atoms with Gasteiger partial charge in [0.25, 0.3) is 5.56 Å². The molecule has 0 radical (unpaired) electrons. The number of rotatable bonds is 9. The molecule has 2 aromatic rings. The van der Waals surface area contributed by atoms with Crippen molar-refractivity contribution in [1.82, 2.24) is 14.9 Å². The molecule has 1 atom stereocenters.